The number of nitrogens with one attached hydrogen (secondary N) is 1. The largest absolute Gasteiger partial charge is 0.312 e. The molecule has 2 aliphatic heterocycles. The molecule has 2 heterocycles. The first-order valence-corrected chi connectivity index (χ1v) is 8.31. The van der Waals surface area contributed by atoms with Gasteiger partial charge in [-0.15, -0.1) is 0 Å². The molecule has 0 saturated carbocycles. The van der Waals surface area contributed by atoms with Crippen molar-refractivity contribution in [2.75, 3.05) is 19.6 Å². The number of fused-ring (bicyclic) bond motifs is 1. The highest BCUT2D eigenvalue weighted by atomic mass is 32.2. The van der Waals surface area contributed by atoms with E-state index in [1.54, 1.807) is 16.4 Å². The molecular weight excluding hydrogens is 260 g/mol. The molecule has 0 amide bonds. The molecule has 0 aliphatic carbocycles. The molecule has 0 spiro atoms. The Hall–Kier alpha value is -0.910. The molecule has 2 aliphatic rings. The van der Waals surface area contributed by atoms with E-state index >= 15 is 0 Å². The molecule has 1 N–H and O–H groups in total. The highest BCUT2D eigenvalue weighted by Crippen LogP contribution is 2.29. The summed E-state index contributed by atoms with van der Waals surface area (Å²) in [6.45, 7) is 4.25. The van der Waals surface area contributed by atoms with Gasteiger partial charge in [-0.25, -0.2) is 8.42 Å². The Bertz CT molecular complexity index is 539. The highest BCUT2D eigenvalue weighted by Gasteiger charge is 2.39. The van der Waals surface area contributed by atoms with Crippen LogP contribution in [-0.2, 0) is 10.0 Å². The van der Waals surface area contributed by atoms with E-state index < -0.39 is 10.0 Å². The van der Waals surface area contributed by atoms with E-state index in [-0.39, 0.29) is 0 Å². The van der Waals surface area contributed by atoms with Gasteiger partial charge in [0.15, 0.2) is 0 Å². The van der Waals surface area contributed by atoms with Gasteiger partial charge in [-0.05, 0) is 44.4 Å². The van der Waals surface area contributed by atoms with Crippen molar-refractivity contribution in [3.05, 3.63) is 29.8 Å². The quantitative estimate of drug-likeness (QED) is 0.890. The van der Waals surface area contributed by atoms with Crippen molar-refractivity contribution < 1.29 is 8.42 Å². The molecule has 19 heavy (non-hydrogen) atoms. The fraction of sp³-hybridized carbons (Fsp3) is 0.571. The van der Waals surface area contributed by atoms with Crippen LogP contribution in [-0.4, -0.2) is 38.4 Å². The summed E-state index contributed by atoms with van der Waals surface area (Å²) < 4.78 is 26.8. The lowest BCUT2D eigenvalue weighted by Crippen LogP contribution is -2.41. The molecule has 1 unspecified atom stereocenters. The van der Waals surface area contributed by atoms with Crippen molar-refractivity contribution in [3.63, 3.8) is 0 Å². The van der Waals surface area contributed by atoms with Crippen LogP contribution in [0.4, 0.5) is 0 Å². The van der Waals surface area contributed by atoms with E-state index in [1.807, 2.05) is 19.1 Å². The minimum Gasteiger partial charge on any atom is -0.312 e. The first kappa shape index (κ1) is 13.1. The van der Waals surface area contributed by atoms with E-state index in [9.17, 15) is 8.42 Å². The zero-order chi connectivity index (χ0) is 13.5. The van der Waals surface area contributed by atoms with E-state index in [4.69, 9.17) is 0 Å². The zero-order valence-electron chi connectivity index (χ0n) is 11.2. The maximum atomic E-state index is 12.6. The van der Waals surface area contributed by atoms with Crippen molar-refractivity contribution in [2.24, 2.45) is 5.92 Å². The number of sulfonamides is 1. The number of hydrogen-bond donors (Lipinski definition) is 1. The number of piperidine rings is 1. The predicted molar refractivity (Wildman–Crippen MR) is 74.5 cm³/mol. The van der Waals surface area contributed by atoms with Crippen LogP contribution in [0.1, 0.15) is 18.4 Å². The minimum absolute atomic E-state index is 0.342. The summed E-state index contributed by atoms with van der Waals surface area (Å²) in [6.07, 6.45) is 2.29. The molecule has 0 bridgehead atoms. The van der Waals surface area contributed by atoms with Gasteiger partial charge in [-0.2, -0.15) is 4.31 Å². The van der Waals surface area contributed by atoms with E-state index in [1.165, 1.54) is 0 Å². The van der Waals surface area contributed by atoms with Crippen LogP contribution in [0, 0.1) is 12.8 Å². The second-order valence-corrected chi connectivity index (χ2v) is 7.54. The molecule has 4 nitrogen and oxygen atoms in total. The molecule has 104 valence electrons. The van der Waals surface area contributed by atoms with Crippen molar-refractivity contribution in [1.29, 1.82) is 0 Å². The van der Waals surface area contributed by atoms with Gasteiger partial charge in [-0.3, -0.25) is 0 Å². The smallest absolute Gasteiger partial charge is 0.243 e. The summed E-state index contributed by atoms with van der Waals surface area (Å²) in [7, 11) is -3.32. The monoisotopic (exact) mass is 280 g/mol. The lowest BCUT2D eigenvalue weighted by atomic mass is 9.94. The van der Waals surface area contributed by atoms with E-state index in [0.29, 0.717) is 29.9 Å². The van der Waals surface area contributed by atoms with Crippen LogP contribution in [0.5, 0.6) is 0 Å². The molecule has 0 radical (unpaired) electrons. The van der Waals surface area contributed by atoms with Crippen LogP contribution in [0.15, 0.2) is 29.2 Å². The lowest BCUT2D eigenvalue weighted by Gasteiger charge is -2.24. The third-order valence-corrected chi connectivity index (χ3v) is 6.07. The number of benzene rings is 1. The van der Waals surface area contributed by atoms with Gasteiger partial charge in [0.05, 0.1) is 4.90 Å². The second kappa shape index (κ2) is 4.89. The molecule has 5 heteroatoms. The number of aryl methyl sites for hydroxylation is 1. The summed E-state index contributed by atoms with van der Waals surface area (Å²) in [4.78, 5) is 0.414. The summed E-state index contributed by atoms with van der Waals surface area (Å²) in [5.74, 6) is 0.481. The van der Waals surface area contributed by atoms with Gasteiger partial charge >= 0.3 is 0 Å². The molecule has 3 rings (SSSR count). The number of hydrogen-bond acceptors (Lipinski definition) is 3. The Labute approximate surface area is 114 Å². The topological polar surface area (TPSA) is 49.4 Å². The molecule has 0 aromatic heterocycles. The average molecular weight is 280 g/mol. The van der Waals surface area contributed by atoms with Gasteiger partial charge in [0.25, 0.3) is 0 Å². The lowest BCUT2D eigenvalue weighted by molar-refractivity contribution is 0.339. The molecule has 1 aromatic rings. The summed E-state index contributed by atoms with van der Waals surface area (Å²) in [6, 6.07) is 7.47. The Morgan fingerprint density at radius 3 is 2.63 bits per heavy atom. The molecule has 2 fully saturated rings. The first-order valence-electron chi connectivity index (χ1n) is 6.87. The maximum absolute atomic E-state index is 12.6. The average Bonchev–Trinajstić information content (AvgIpc) is 2.83. The van der Waals surface area contributed by atoms with Crippen LogP contribution >= 0.6 is 0 Å². The summed E-state index contributed by atoms with van der Waals surface area (Å²) in [5, 5.41) is 3.44. The van der Waals surface area contributed by atoms with Crippen molar-refractivity contribution in [3.8, 4) is 0 Å². The normalized spacial score (nSPS) is 28.3. The first-order chi connectivity index (χ1) is 9.07. The Morgan fingerprint density at radius 1 is 1.21 bits per heavy atom. The maximum Gasteiger partial charge on any atom is 0.243 e. The zero-order valence-corrected chi connectivity index (χ0v) is 12.0. The second-order valence-electron chi connectivity index (χ2n) is 5.60. The van der Waals surface area contributed by atoms with Gasteiger partial charge < -0.3 is 5.32 Å². The Balaban J connectivity index is 1.83. The van der Waals surface area contributed by atoms with Crippen LogP contribution in [0.2, 0.25) is 0 Å². The van der Waals surface area contributed by atoms with Crippen molar-refractivity contribution >= 4 is 10.0 Å². The standard InChI is InChI=1S/C14H20N2O2S/c1-11-4-6-13(7-5-11)19(17,18)16-9-12-3-2-8-15-14(12)10-16/h4-7,12,14-15H,2-3,8-10H2,1H3/t12-,14?/m0/s1. The molecule has 2 saturated heterocycles. The third kappa shape index (κ3) is 2.42. The van der Waals surface area contributed by atoms with Crippen molar-refractivity contribution in [1.82, 2.24) is 9.62 Å². The summed E-state index contributed by atoms with van der Waals surface area (Å²) >= 11 is 0. The SMILES string of the molecule is Cc1ccc(S(=O)(=O)N2CC3NCCC[C@H]3C2)cc1. The van der Waals surface area contributed by atoms with Crippen LogP contribution in [0.3, 0.4) is 0 Å². The number of nitrogens with zero attached hydrogens (tertiary/aromatic N) is 1. The molecule has 2 atom stereocenters. The van der Waals surface area contributed by atoms with Crippen molar-refractivity contribution in [2.45, 2.75) is 30.7 Å². The van der Waals surface area contributed by atoms with E-state index in [0.717, 1.165) is 24.9 Å². The summed E-state index contributed by atoms with van der Waals surface area (Å²) in [5.41, 5.74) is 1.08. The van der Waals surface area contributed by atoms with Crippen LogP contribution in [0.25, 0.3) is 0 Å². The Kier molecular flexibility index (Phi) is 3.37. The van der Waals surface area contributed by atoms with Gasteiger partial charge in [0, 0.05) is 19.1 Å². The van der Waals surface area contributed by atoms with Crippen LogP contribution < -0.4 is 5.32 Å². The van der Waals surface area contributed by atoms with Gasteiger partial charge in [-0.1, -0.05) is 17.7 Å². The highest BCUT2D eigenvalue weighted by molar-refractivity contribution is 7.89. The fourth-order valence-corrected chi connectivity index (χ4v) is 4.59. The number of rotatable bonds is 2. The molecule has 1 aromatic carbocycles. The fourth-order valence-electron chi connectivity index (χ4n) is 3.06. The Morgan fingerprint density at radius 2 is 1.95 bits per heavy atom. The van der Waals surface area contributed by atoms with Gasteiger partial charge in [0.1, 0.15) is 0 Å². The minimum atomic E-state index is -3.32. The molecular formula is C14H20N2O2S. The van der Waals surface area contributed by atoms with Gasteiger partial charge in [0.2, 0.25) is 10.0 Å². The third-order valence-electron chi connectivity index (χ3n) is 4.22. The van der Waals surface area contributed by atoms with E-state index in [2.05, 4.69) is 5.32 Å². The predicted octanol–water partition coefficient (Wildman–Crippen LogP) is 1.37.